The van der Waals surface area contributed by atoms with E-state index in [4.69, 9.17) is 5.84 Å². The standard InChI is InChI=1S/C13H15N5O/c1-9(10-2-5-15-6-3-10)17-13(19)11-4-7-16-12(8-11)18-14/h2-9H,14H2,1H3,(H,16,18)(H,17,19). The summed E-state index contributed by atoms with van der Waals surface area (Å²) in [5, 5.41) is 2.90. The number of aromatic nitrogens is 2. The van der Waals surface area contributed by atoms with Gasteiger partial charge >= 0.3 is 0 Å². The molecule has 0 aromatic carbocycles. The predicted molar refractivity (Wildman–Crippen MR) is 72.2 cm³/mol. The highest BCUT2D eigenvalue weighted by Crippen LogP contribution is 2.12. The van der Waals surface area contributed by atoms with E-state index < -0.39 is 0 Å². The Morgan fingerprint density at radius 2 is 2.00 bits per heavy atom. The van der Waals surface area contributed by atoms with Crippen LogP contribution in [0.3, 0.4) is 0 Å². The van der Waals surface area contributed by atoms with Gasteiger partial charge in [-0.2, -0.15) is 0 Å². The van der Waals surface area contributed by atoms with E-state index in [2.05, 4.69) is 20.7 Å². The monoisotopic (exact) mass is 257 g/mol. The molecule has 2 rings (SSSR count). The molecule has 1 unspecified atom stereocenters. The van der Waals surface area contributed by atoms with E-state index in [-0.39, 0.29) is 11.9 Å². The molecule has 98 valence electrons. The number of nitrogens with zero attached hydrogens (tertiary/aromatic N) is 2. The first kappa shape index (κ1) is 13.0. The van der Waals surface area contributed by atoms with Crippen molar-refractivity contribution < 1.29 is 4.79 Å². The fraction of sp³-hybridized carbons (Fsp3) is 0.154. The minimum absolute atomic E-state index is 0.0991. The Morgan fingerprint density at radius 1 is 1.26 bits per heavy atom. The minimum Gasteiger partial charge on any atom is -0.346 e. The maximum Gasteiger partial charge on any atom is 0.251 e. The maximum absolute atomic E-state index is 12.1. The van der Waals surface area contributed by atoms with Crippen LogP contribution in [0.2, 0.25) is 0 Å². The van der Waals surface area contributed by atoms with Crippen LogP contribution in [0.1, 0.15) is 28.9 Å². The first-order chi connectivity index (χ1) is 9.20. The van der Waals surface area contributed by atoms with Gasteiger partial charge in [-0.05, 0) is 36.8 Å². The van der Waals surface area contributed by atoms with Crippen molar-refractivity contribution in [2.75, 3.05) is 5.43 Å². The first-order valence-corrected chi connectivity index (χ1v) is 5.84. The van der Waals surface area contributed by atoms with Gasteiger partial charge in [-0.1, -0.05) is 0 Å². The zero-order chi connectivity index (χ0) is 13.7. The second kappa shape index (κ2) is 5.92. The van der Waals surface area contributed by atoms with Crippen molar-refractivity contribution >= 4 is 11.7 Å². The van der Waals surface area contributed by atoms with Crippen molar-refractivity contribution in [3.8, 4) is 0 Å². The molecule has 1 amide bonds. The number of hydrogen-bond acceptors (Lipinski definition) is 5. The second-order valence-corrected chi connectivity index (χ2v) is 4.05. The fourth-order valence-corrected chi connectivity index (χ4v) is 1.67. The average molecular weight is 257 g/mol. The minimum atomic E-state index is -0.178. The average Bonchev–Trinajstić information content (AvgIpc) is 2.48. The van der Waals surface area contributed by atoms with E-state index in [9.17, 15) is 4.79 Å². The van der Waals surface area contributed by atoms with E-state index in [1.54, 1.807) is 24.5 Å². The van der Waals surface area contributed by atoms with Crippen LogP contribution in [-0.2, 0) is 0 Å². The summed E-state index contributed by atoms with van der Waals surface area (Å²) in [6.45, 7) is 1.91. The van der Waals surface area contributed by atoms with Crippen LogP contribution in [0.15, 0.2) is 42.9 Å². The SMILES string of the molecule is CC(NC(=O)c1ccnc(NN)c1)c1ccncc1. The molecule has 2 aromatic rings. The Kier molecular flexibility index (Phi) is 4.04. The van der Waals surface area contributed by atoms with Gasteiger partial charge in [0.25, 0.3) is 5.91 Å². The predicted octanol–water partition coefficient (Wildman–Crippen LogP) is 1.25. The number of rotatable bonds is 4. The van der Waals surface area contributed by atoms with E-state index in [0.717, 1.165) is 5.56 Å². The van der Waals surface area contributed by atoms with Gasteiger partial charge in [-0.15, -0.1) is 0 Å². The molecule has 0 aliphatic rings. The van der Waals surface area contributed by atoms with Gasteiger partial charge < -0.3 is 10.7 Å². The Balaban J connectivity index is 2.08. The third-order valence-electron chi connectivity index (χ3n) is 2.72. The molecule has 0 aliphatic heterocycles. The number of carbonyl (C=O) groups excluding carboxylic acids is 1. The summed E-state index contributed by atoms with van der Waals surface area (Å²) in [7, 11) is 0. The molecule has 0 aliphatic carbocycles. The Labute approximate surface area is 111 Å². The first-order valence-electron chi connectivity index (χ1n) is 5.84. The Bertz CT molecular complexity index is 558. The summed E-state index contributed by atoms with van der Waals surface area (Å²) in [5.74, 6) is 5.53. The van der Waals surface area contributed by atoms with Crippen LogP contribution in [0.5, 0.6) is 0 Å². The summed E-state index contributed by atoms with van der Waals surface area (Å²) in [6, 6.07) is 6.86. The summed E-state index contributed by atoms with van der Waals surface area (Å²) >= 11 is 0. The molecular weight excluding hydrogens is 242 g/mol. The zero-order valence-electron chi connectivity index (χ0n) is 10.5. The molecule has 0 saturated heterocycles. The van der Waals surface area contributed by atoms with Gasteiger partial charge in [-0.3, -0.25) is 9.78 Å². The van der Waals surface area contributed by atoms with Crippen molar-refractivity contribution in [1.29, 1.82) is 0 Å². The largest absolute Gasteiger partial charge is 0.346 e. The third-order valence-corrected chi connectivity index (χ3v) is 2.72. The lowest BCUT2D eigenvalue weighted by Crippen LogP contribution is -2.26. The van der Waals surface area contributed by atoms with Crippen LogP contribution in [0.4, 0.5) is 5.82 Å². The number of amides is 1. The molecule has 4 N–H and O–H groups in total. The number of pyridine rings is 2. The topological polar surface area (TPSA) is 92.9 Å². The number of hydrazine groups is 1. The quantitative estimate of drug-likeness (QED) is 0.566. The second-order valence-electron chi connectivity index (χ2n) is 4.05. The summed E-state index contributed by atoms with van der Waals surface area (Å²) in [4.78, 5) is 20.0. The normalized spacial score (nSPS) is 11.7. The highest BCUT2D eigenvalue weighted by atomic mass is 16.1. The van der Waals surface area contributed by atoms with E-state index in [0.29, 0.717) is 11.4 Å². The molecule has 0 fully saturated rings. The van der Waals surface area contributed by atoms with Gasteiger partial charge in [0.15, 0.2) is 0 Å². The van der Waals surface area contributed by atoms with Crippen molar-refractivity contribution in [3.05, 3.63) is 54.0 Å². The third kappa shape index (κ3) is 3.26. The molecule has 0 bridgehead atoms. The molecule has 6 nitrogen and oxygen atoms in total. The van der Waals surface area contributed by atoms with Gasteiger partial charge in [0.1, 0.15) is 5.82 Å². The maximum atomic E-state index is 12.1. The van der Waals surface area contributed by atoms with Gasteiger partial charge in [0, 0.05) is 24.2 Å². The molecule has 19 heavy (non-hydrogen) atoms. The summed E-state index contributed by atoms with van der Waals surface area (Å²) in [6.07, 6.45) is 4.92. The van der Waals surface area contributed by atoms with Crippen molar-refractivity contribution in [3.63, 3.8) is 0 Å². The van der Waals surface area contributed by atoms with E-state index in [1.165, 1.54) is 6.20 Å². The van der Waals surface area contributed by atoms with E-state index >= 15 is 0 Å². The van der Waals surface area contributed by atoms with Crippen molar-refractivity contribution in [2.24, 2.45) is 5.84 Å². The Hall–Kier alpha value is -2.47. The number of nitrogen functional groups attached to an aromatic ring is 1. The van der Waals surface area contributed by atoms with Gasteiger partial charge in [-0.25, -0.2) is 10.8 Å². The van der Waals surface area contributed by atoms with Crippen LogP contribution in [-0.4, -0.2) is 15.9 Å². The van der Waals surface area contributed by atoms with Gasteiger partial charge in [0.05, 0.1) is 6.04 Å². The number of carbonyl (C=O) groups is 1. The molecule has 0 spiro atoms. The molecule has 2 aromatic heterocycles. The summed E-state index contributed by atoms with van der Waals surface area (Å²) in [5.41, 5.74) is 3.91. The van der Waals surface area contributed by atoms with Crippen LogP contribution >= 0.6 is 0 Å². The lowest BCUT2D eigenvalue weighted by Gasteiger charge is -2.14. The number of nitrogens with two attached hydrogens (primary N) is 1. The number of nitrogens with one attached hydrogen (secondary N) is 2. The van der Waals surface area contributed by atoms with Crippen LogP contribution in [0.25, 0.3) is 0 Å². The smallest absolute Gasteiger partial charge is 0.251 e. The number of hydrogen-bond donors (Lipinski definition) is 3. The van der Waals surface area contributed by atoms with Gasteiger partial charge in [0.2, 0.25) is 0 Å². The van der Waals surface area contributed by atoms with Crippen molar-refractivity contribution in [1.82, 2.24) is 15.3 Å². The molecule has 0 saturated carbocycles. The van der Waals surface area contributed by atoms with Crippen LogP contribution < -0.4 is 16.6 Å². The fourth-order valence-electron chi connectivity index (χ4n) is 1.67. The lowest BCUT2D eigenvalue weighted by atomic mass is 10.1. The zero-order valence-corrected chi connectivity index (χ0v) is 10.5. The molecule has 6 heteroatoms. The summed E-state index contributed by atoms with van der Waals surface area (Å²) < 4.78 is 0. The van der Waals surface area contributed by atoms with Crippen LogP contribution in [0, 0.1) is 0 Å². The van der Waals surface area contributed by atoms with Crippen molar-refractivity contribution in [2.45, 2.75) is 13.0 Å². The molecule has 2 heterocycles. The lowest BCUT2D eigenvalue weighted by molar-refractivity contribution is 0.0940. The Morgan fingerprint density at radius 3 is 2.68 bits per heavy atom. The molecular formula is C13H15N5O. The van der Waals surface area contributed by atoms with E-state index in [1.807, 2.05) is 19.1 Å². The molecule has 1 atom stereocenters. The highest BCUT2D eigenvalue weighted by molar-refractivity contribution is 5.95. The number of anilines is 1. The molecule has 0 radical (unpaired) electrons. The highest BCUT2D eigenvalue weighted by Gasteiger charge is 2.11.